The molecule has 3 rings (SSSR count). The summed E-state index contributed by atoms with van der Waals surface area (Å²) < 4.78 is 28.2. The van der Waals surface area contributed by atoms with E-state index in [9.17, 15) is 13.2 Å². The molecule has 1 heterocycles. The molecule has 0 aliphatic heterocycles. The Kier molecular flexibility index (Phi) is 7.19. The van der Waals surface area contributed by atoms with Gasteiger partial charge in [0.15, 0.2) is 0 Å². The Hall–Kier alpha value is -2.62. The summed E-state index contributed by atoms with van der Waals surface area (Å²) in [4.78, 5) is 13.1. The van der Waals surface area contributed by atoms with E-state index in [1.54, 1.807) is 12.1 Å². The number of nitrogens with one attached hydrogen (secondary N) is 2. The molecule has 2 aromatic carbocycles. The van der Waals surface area contributed by atoms with Gasteiger partial charge in [0, 0.05) is 5.56 Å². The van der Waals surface area contributed by atoms with E-state index in [0.717, 1.165) is 16.7 Å². The number of amides is 1. The Labute approximate surface area is 187 Å². The van der Waals surface area contributed by atoms with E-state index in [2.05, 4.69) is 20.2 Å². The van der Waals surface area contributed by atoms with Crippen molar-refractivity contribution >= 4 is 32.4 Å². The predicted octanol–water partition coefficient (Wildman–Crippen LogP) is 4.15. The number of aryl methyl sites for hydroxylation is 2. The van der Waals surface area contributed by atoms with Crippen molar-refractivity contribution in [2.75, 3.05) is 5.32 Å². The van der Waals surface area contributed by atoms with Gasteiger partial charge in [0.05, 0.1) is 4.90 Å². The highest BCUT2D eigenvalue weighted by atomic mass is 32.2. The van der Waals surface area contributed by atoms with Gasteiger partial charge in [-0.3, -0.25) is 10.1 Å². The molecule has 0 spiro atoms. The van der Waals surface area contributed by atoms with Crippen LogP contribution in [-0.2, 0) is 14.8 Å². The molecular weight excluding hydrogens is 432 g/mol. The fourth-order valence-corrected chi connectivity index (χ4v) is 5.02. The lowest BCUT2D eigenvalue weighted by Crippen LogP contribution is -2.47. The molecule has 7 nitrogen and oxygen atoms in total. The van der Waals surface area contributed by atoms with Crippen molar-refractivity contribution in [2.45, 2.75) is 45.1 Å². The van der Waals surface area contributed by atoms with E-state index >= 15 is 0 Å². The van der Waals surface area contributed by atoms with Gasteiger partial charge in [-0.25, -0.2) is 8.42 Å². The maximum absolute atomic E-state index is 13.0. The number of hydrogen-bond acceptors (Lipinski definition) is 6. The SMILES string of the molecule is CCC(C)C(NS(=O)(=O)c1ccc(C)cc1)C(=O)Nc1nnc(-c2cccc(C)c2)s1. The molecule has 2 atom stereocenters. The zero-order valence-electron chi connectivity index (χ0n) is 17.9. The van der Waals surface area contributed by atoms with E-state index in [0.29, 0.717) is 16.6 Å². The number of benzene rings is 2. The molecule has 164 valence electrons. The number of carbonyl (C=O) groups excluding carboxylic acids is 1. The molecule has 0 radical (unpaired) electrons. The topological polar surface area (TPSA) is 101 Å². The summed E-state index contributed by atoms with van der Waals surface area (Å²) in [7, 11) is -3.85. The normalized spacial score (nSPS) is 13.5. The first kappa shape index (κ1) is 23.1. The van der Waals surface area contributed by atoms with Crippen molar-refractivity contribution in [2.24, 2.45) is 5.92 Å². The van der Waals surface area contributed by atoms with Gasteiger partial charge in [-0.1, -0.05) is 73.1 Å². The van der Waals surface area contributed by atoms with E-state index < -0.39 is 22.0 Å². The molecule has 0 aliphatic carbocycles. The van der Waals surface area contributed by atoms with E-state index in [-0.39, 0.29) is 10.8 Å². The van der Waals surface area contributed by atoms with Crippen molar-refractivity contribution < 1.29 is 13.2 Å². The minimum absolute atomic E-state index is 0.122. The molecule has 0 bridgehead atoms. The van der Waals surface area contributed by atoms with Crippen LogP contribution in [0.15, 0.2) is 53.4 Å². The third-order valence-electron chi connectivity index (χ3n) is 5.03. The first-order chi connectivity index (χ1) is 14.7. The Morgan fingerprint density at radius 1 is 1.06 bits per heavy atom. The minimum atomic E-state index is -3.85. The monoisotopic (exact) mass is 458 g/mol. The number of aromatic nitrogens is 2. The molecule has 2 N–H and O–H groups in total. The molecular formula is C22H26N4O3S2. The summed E-state index contributed by atoms with van der Waals surface area (Å²) in [6.45, 7) is 7.61. The molecule has 2 unspecified atom stereocenters. The second-order valence-corrected chi connectivity index (χ2v) is 10.3. The molecule has 3 aromatic rings. The van der Waals surface area contributed by atoms with Crippen molar-refractivity contribution in [1.82, 2.24) is 14.9 Å². The number of hydrogen-bond donors (Lipinski definition) is 2. The summed E-state index contributed by atoms with van der Waals surface area (Å²) in [6.07, 6.45) is 0.624. The van der Waals surface area contributed by atoms with E-state index in [4.69, 9.17) is 0 Å². The number of anilines is 1. The van der Waals surface area contributed by atoms with Crippen molar-refractivity contribution in [3.63, 3.8) is 0 Å². The first-order valence-electron chi connectivity index (χ1n) is 10.00. The molecule has 0 fully saturated rings. The van der Waals surface area contributed by atoms with Gasteiger partial charge < -0.3 is 0 Å². The number of nitrogens with zero attached hydrogens (tertiary/aromatic N) is 2. The van der Waals surface area contributed by atoms with Crippen LogP contribution in [-0.4, -0.2) is 30.6 Å². The minimum Gasteiger partial charge on any atom is -0.299 e. The lowest BCUT2D eigenvalue weighted by Gasteiger charge is -2.22. The average Bonchev–Trinajstić information content (AvgIpc) is 3.20. The van der Waals surface area contributed by atoms with Gasteiger partial charge >= 0.3 is 0 Å². The first-order valence-corrected chi connectivity index (χ1v) is 12.3. The molecule has 0 aliphatic rings. The molecule has 1 amide bonds. The number of rotatable bonds is 8. The van der Waals surface area contributed by atoms with Crippen molar-refractivity contribution in [3.8, 4) is 10.6 Å². The largest absolute Gasteiger partial charge is 0.299 e. The van der Waals surface area contributed by atoms with Crippen LogP contribution in [0.2, 0.25) is 0 Å². The van der Waals surface area contributed by atoms with Gasteiger partial charge in [-0.05, 0) is 38.0 Å². The maximum atomic E-state index is 13.0. The third-order valence-corrected chi connectivity index (χ3v) is 7.37. The van der Waals surface area contributed by atoms with Crippen LogP contribution in [0.5, 0.6) is 0 Å². The highest BCUT2D eigenvalue weighted by Crippen LogP contribution is 2.27. The van der Waals surface area contributed by atoms with Crippen LogP contribution in [0.4, 0.5) is 5.13 Å². The van der Waals surface area contributed by atoms with Gasteiger partial charge in [-0.2, -0.15) is 4.72 Å². The molecule has 9 heteroatoms. The smallest absolute Gasteiger partial charge is 0.244 e. The highest BCUT2D eigenvalue weighted by molar-refractivity contribution is 7.89. The summed E-state index contributed by atoms with van der Waals surface area (Å²) >= 11 is 1.24. The zero-order valence-corrected chi connectivity index (χ0v) is 19.5. The van der Waals surface area contributed by atoms with Crippen LogP contribution < -0.4 is 10.0 Å². The fraction of sp³-hybridized carbons (Fsp3) is 0.318. The molecule has 1 aromatic heterocycles. The number of carbonyl (C=O) groups is 1. The summed E-state index contributed by atoms with van der Waals surface area (Å²) in [6, 6.07) is 13.4. The Bertz CT molecular complexity index is 1160. The lowest BCUT2D eigenvalue weighted by atomic mass is 9.99. The Morgan fingerprint density at radius 3 is 2.42 bits per heavy atom. The van der Waals surface area contributed by atoms with Gasteiger partial charge in [0.25, 0.3) is 0 Å². The average molecular weight is 459 g/mol. The zero-order chi connectivity index (χ0) is 22.6. The second kappa shape index (κ2) is 9.67. The second-order valence-electron chi connectivity index (χ2n) is 7.57. The van der Waals surface area contributed by atoms with Crippen molar-refractivity contribution in [1.29, 1.82) is 0 Å². The summed E-state index contributed by atoms with van der Waals surface area (Å²) in [5.74, 6) is -0.679. The van der Waals surface area contributed by atoms with Crippen LogP contribution in [0.25, 0.3) is 10.6 Å². The van der Waals surface area contributed by atoms with Crippen LogP contribution in [0.3, 0.4) is 0 Å². The molecule has 31 heavy (non-hydrogen) atoms. The van der Waals surface area contributed by atoms with E-state index in [1.807, 2.05) is 52.0 Å². The van der Waals surface area contributed by atoms with Gasteiger partial charge in [-0.15, -0.1) is 10.2 Å². The quantitative estimate of drug-likeness (QED) is 0.528. The van der Waals surface area contributed by atoms with Crippen LogP contribution >= 0.6 is 11.3 Å². The molecule has 0 saturated carbocycles. The predicted molar refractivity (Wildman–Crippen MR) is 123 cm³/mol. The standard InChI is InChI=1S/C22H26N4O3S2/c1-5-16(4)19(26-31(28,29)18-11-9-14(2)10-12-18)20(27)23-22-25-24-21(30-22)17-8-6-7-15(3)13-17/h6-13,16,19,26H,5H2,1-4H3,(H,23,25,27). The third kappa shape index (κ3) is 5.75. The van der Waals surface area contributed by atoms with Crippen molar-refractivity contribution in [3.05, 3.63) is 59.7 Å². The Balaban J connectivity index is 1.78. The summed E-state index contributed by atoms with van der Waals surface area (Å²) in [5, 5.41) is 11.9. The van der Waals surface area contributed by atoms with Crippen LogP contribution in [0.1, 0.15) is 31.4 Å². The van der Waals surface area contributed by atoms with Crippen LogP contribution in [0, 0.1) is 19.8 Å². The number of sulfonamides is 1. The molecule has 0 saturated heterocycles. The van der Waals surface area contributed by atoms with E-state index in [1.165, 1.54) is 23.5 Å². The highest BCUT2D eigenvalue weighted by Gasteiger charge is 2.30. The van der Waals surface area contributed by atoms with Gasteiger partial charge in [0.2, 0.25) is 21.1 Å². The fourth-order valence-electron chi connectivity index (χ4n) is 2.97. The Morgan fingerprint density at radius 2 is 1.77 bits per heavy atom. The lowest BCUT2D eigenvalue weighted by molar-refractivity contribution is -0.118. The summed E-state index contributed by atoms with van der Waals surface area (Å²) in [5.41, 5.74) is 2.97. The maximum Gasteiger partial charge on any atom is 0.244 e. The van der Waals surface area contributed by atoms with Gasteiger partial charge in [0.1, 0.15) is 11.0 Å².